The van der Waals surface area contributed by atoms with Gasteiger partial charge in [0.05, 0.1) is 6.04 Å². The number of rotatable bonds is 6. The summed E-state index contributed by atoms with van der Waals surface area (Å²) in [5.41, 5.74) is 1.58. The first-order valence-electron chi connectivity index (χ1n) is 7.59. The third-order valence-corrected chi connectivity index (χ3v) is 4.16. The van der Waals surface area contributed by atoms with E-state index >= 15 is 0 Å². The quantitative estimate of drug-likeness (QED) is 0.655. The molecule has 2 aromatic rings. The van der Waals surface area contributed by atoms with Crippen LogP contribution in [0.5, 0.6) is 0 Å². The molecule has 130 valence electrons. The Balaban J connectivity index is 0.00000288. The van der Waals surface area contributed by atoms with Crippen molar-refractivity contribution >= 4 is 41.4 Å². The van der Waals surface area contributed by atoms with Gasteiger partial charge in [-0.25, -0.2) is 0 Å². The summed E-state index contributed by atoms with van der Waals surface area (Å²) in [6.45, 7) is 6.06. The zero-order valence-corrected chi connectivity index (χ0v) is 16.3. The maximum Gasteiger partial charge on any atom is 0.179 e. The lowest BCUT2D eigenvalue weighted by molar-refractivity contribution is 0.0933. The molecule has 0 bridgehead atoms. The van der Waals surface area contributed by atoms with E-state index in [-0.39, 0.29) is 29.8 Å². The van der Waals surface area contributed by atoms with Gasteiger partial charge in [-0.2, -0.15) is 0 Å². The minimum Gasteiger partial charge on any atom is -0.302 e. The minimum absolute atomic E-state index is 0. The standard InChI is InChI=1S/C19H21Cl2NO.ClH/c1-13(18(23)15-5-4-6-17(21)11-15)22-19(2,3)12-14-7-9-16(20)10-8-14;/h4-11,13,22H,12H2,1-3H3;1H. The van der Waals surface area contributed by atoms with E-state index in [0.29, 0.717) is 10.6 Å². The molecule has 2 rings (SSSR count). The molecule has 0 saturated heterocycles. The molecule has 5 heteroatoms. The highest BCUT2D eigenvalue weighted by Gasteiger charge is 2.24. The second-order valence-corrected chi connectivity index (χ2v) is 7.30. The molecule has 2 nitrogen and oxygen atoms in total. The molecule has 24 heavy (non-hydrogen) atoms. The topological polar surface area (TPSA) is 29.1 Å². The third-order valence-electron chi connectivity index (χ3n) is 3.67. The summed E-state index contributed by atoms with van der Waals surface area (Å²) in [5.74, 6) is 0.0386. The van der Waals surface area contributed by atoms with Crippen LogP contribution in [0.1, 0.15) is 36.7 Å². The molecule has 0 saturated carbocycles. The largest absolute Gasteiger partial charge is 0.302 e. The van der Waals surface area contributed by atoms with Gasteiger partial charge < -0.3 is 5.32 Å². The Labute approximate surface area is 160 Å². The second kappa shape index (κ2) is 8.87. The highest BCUT2D eigenvalue weighted by molar-refractivity contribution is 6.31. The van der Waals surface area contributed by atoms with Crippen LogP contribution in [0.3, 0.4) is 0 Å². The summed E-state index contributed by atoms with van der Waals surface area (Å²) in [7, 11) is 0. The van der Waals surface area contributed by atoms with Crippen LogP contribution in [-0.4, -0.2) is 17.4 Å². The van der Waals surface area contributed by atoms with E-state index in [4.69, 9.17) is 23.2 Å². The summed E-state index contributed by atoms with van der Waals surface area (Å²) >= 11 is 11.9. The molecule has 0 aliphatic rings. The van der Waals surface area contributed by atoms with E-state index in [9.17, 15) is 4.79 Å². The van der Waals surface area contributed by atoms with E-state index in [1.165, 1.54) is 5.56 Å². The van der Waals surface area contributed by atoms with Crippen molar-refractivity contribution in [2.45, 2.75) is 38.8 Å². The number of hydrogen-bond acceptors (Lipinski definition) is 2. The Kier molecular flexibility index (Phi) is 7.75. The predicted molar refractivity (Wildman–Crippen MR) is 105 cm³/mol. The Morgan fingerprint density at radius 3 is 2.29 bits per heavy atom. The lowest BCUT2D eigenvalue weighted by Crippen LogP contribution is -2.49. The summed E-state index contributed by atoms with van der Waals surface area (Å²) in [5, 5.41) is 4.71. The van der Waals surface area contributed by atoms with Gasteiger partial charge in [0.25, 0.3) is 0 Å². The third kappa shape index (κ3) is 6.10. The number of halogens is 3. The number of carbonyl (C=O) groups excluding carboxylic acids is 1. The number of Topliss-reactive ketones (excluding diaryl/α,β-unsaturated/α-hetero) is 1. The average molecular weight is 387 g/mol. The van der Waals surface area contributed by atoms with E-state index in [2.05, 4.69) is 19.2 Å². The van der Waals surface area contributed by atoms with Crippen LogP contribution in [0.4, 0.5) is 0 Å². The lowest BCUT2D eigenvalue weighted by atomic mass is 9.93. The summed E-state index contributed by atoms with van der Waals surface area (Å²) < 4.78 is 0. The van der Waals surface area contributed by atoms with Gasteiger partial charge in [-0.1, -0.05) is 47.5 Å². The lowest BCUT2D eigenvalue weighted by Gasteiger charge is -2.30. The Morgan fingerprint density at radius 2 is 1.71 bits per heavy atom. The second-order valence-electron chi connectivity index (χ2n) is 6.43. The fourth-order valence-corrected chi connectivity index (χ4v) is 3.02. The molecule has 0 amide bonds. The van der Waals surface area contributed by atoms with Crippen LogP contribution in [0, 0.1) is 0 Å². The molecule has 1 N–H and O–H groups in total. The molecule has 0 aliphatic heterocycles. The first kappa shape index (κ1) is 21.0. The zero-order valence-electron chi connectivity index (χ0n) is 14.0. The molecule has 0 aliphatic carbocycles. The van der Waals surface area contributed by atoms with Crippen LogP contribution in [0.25, 0.3) is 0 Å². The SMILES string of the molecule is CC(NC(C)(C)Cc1ccc(Cl)cc1)C(=O)c1cccc(Cl)c1.Cl. The predicted octanol–water partition coefficient (Wildman–Crippen LogP) is 5.60. The van der Waals surface area contributed by atoms with Crippen molar-refractivity contribution in [2.75, 3.05) is 0 Å². The van der Waals surface area contributed by atoms with Gasteiger partial charge in [-0.3, -0.25) is 4.79 Å². The fraction of sp³-hybridized carbons (Fsp3) is 0.316. The highest BCUT2D eigenvalue weighted by Crippen LogP contribution is 2.18. The normalized spacial score (nSPS) is 12.4. The van der Waals surface area contributed by atoms with Crippen molar-refractivity contribution < 1.29 is 4.79 Å². The van der Waals surface area contributed by atoms with Crippen molar-refractivity contribution in [3.05, 3.63) is 69.7 Å². The van der Waals surface area contributed by atoms with Crippen molar-refractivity contribution in [2.24, 2.45) is 0 Å². The highest BCUT2D eigenvalue weighted by atomic mass is 35.5. The summed E-state index contributed by atoms with van der Waals surface area (Å²) in [6.07, 6.45) is 0.803. The average Bonchev–Trinajstić information content (AvgIpc) is 2.48. The first-order chi connectivity index (χ1) is 10.8. The van der Waals surface area contributed by atoms with Gasteiger partial charge in [-0.15, -0.1) is 12.4 Å². The molecule has 0 spiro atoms. The van der Waals surface area contributed by atoms with E-state index in [0.717, 1.165) is 11.4 Å². The summed E-state index contributed by atoms with van der Waals surface area (Å²) in [6, 6.07) is 14.5. The van der Waals surface area contributed by atoms with Gasteiger partial charge in [-0.05, 0) is 57.0 Å². The zero-order chi connectivity index (χ0) is 17.0. The monoisotopic (exact) mass is 385 g/mol. The molecule has 0 radical (unpaired) electrons. The van der Waals surface area contributed by atoms with Crippen LogP contribution < -0.4 is 5.32 Å². The van der Waals surface area contributed by atoms with Gasteiger partial charge in [0.15, 0.2) is 5.78 Å². The molecule has 1 unspecified atom stereocenters. The first-order valence-corrected chi connectivity index (χ1v) is 8.34. The van der Waals surface area contributed by atoms with Crippen LogP contribution in [0.2, 0.25) is 10.0 Å². The molecule has 0 heterocycles. The Bertz CT molecular complexity index is 683. The molecular formula is C19H22Cl3NO. The van der Waals surface area contributed by atoms with Crippen LogP contribution in [-0.2, 0) is 6.42 Å². The molecule has 1 atom stereocenters. The minimum atomic E-state index is -0.296. The number of benzene rings is 2. The van der Waals surface area contributed by atoms with Crippen molar-refractivity contribution in [3.8, 4) is 0 Å². The molecule has 0 aromatic heterocycles. The van der Waals surface area contributed by atoms with Gasteiger partial charge in [0.1, 0.15) is 0 Å². The van der Waals surface area contributed by atoms with Crippen molar-refractivity contribution in [1.82, 2.24) is 5.32 Å². The number of ketones is 1. The van der Waals surface area contributed by atoms with Crippen molar-refractivity contribution in [3.63, 3.8) is 0 Å². The Hall–Kier alpha value is -1.06. The van der Waals surface area contributed by atoms with Crippen LogP contribution >= 0.6 is 35.6 Å². The maximum absolute atomic E-state index is 12.5. The van der Waals surface area contributed by atoms with Gasteiger partial charge >= 0.3 is 0 Å². The molecular weight excluding hydrogens is 365 g/mol. The maximum atomic E-state index is 12.5. The van der Waals surface area contributed by atoms with Gasteiger partial charge in [0.2, 0.25) is 0 Å². The Morgan fingerprint density at radius 1 is 1.08 bits per heavy atom. The van der Waals surface area contributed by atoms with E-state index < -0.39 is 0 Å². The summed E-state index contributed by atoms with van der Waals surface area (Å²) in [4.78, 5) is 12.5. The number of hydrogen-bond donors (Lipinski definition) is 1. The van der Waals surface area contributed by atoms with Gasteiger partial charge in [0, 0.05) is 21.1 Å². The molecule has 0 fully saturated rings. The fourth-order valence-electron chi connectivity index (χ4n) is 2.71. The van der Waals surface area contributed by atoms with E-state index in [1.54, 1.807) is 24.3 Å². The van der Waals surface area contributed by atoms with Crippen molar-refractivity contribution in [1.29, 1.82) is 0 Å². The molecule has 2 aromatic carbocycles. The van der Waals surface area contributed by atoms with E-state index in [1.807, 2.05) is 31.2 Å². The number of nitrogens with one attached hydrogen (secondary N) is 1. The number of carbonyl (C=O) groups is 1. The van der Waals surface area contributed by atoms with Crippen LogP contribution in [0.15, 0.2) is 48.5 Å². The smallest absolute Gasteiger partial charge is 0.179 e.